The molecular formula is C17H27ClN4O2. The molecule has 0 bridgehead atoms. The van der Waals surface area contributed by atoms with Crippen LogP contribution in [0.1, 0.15) is 32.8 Å². The Morgan fingerprint density at radius 2 is 1.75 bits per heavy atom. The van der Waals surface area contributed by atoms with Gasteiger partial charge in [-0.15, -0.1) is 0 Å². The molecule has 0 radical (unpaired) electrons. The number of guanidine groups is 1. The van der Waals surface area contributed by atoms with Crippen LogP contribution in [0.4, 0.5) is 4.79 Å². The number of aliphatic imine (C=N–C) groups is 1. The predicted octanol–water partition coefficient (Wildman–Crippen LogP) is 2.92. The Labute approximate surface area is 149 Å². The number of hydrogen-bond acceptors (Lipinski definition) is 3. The van der Waals surface area contributed by atoms with Gasteiger partial charge in [0.05, 0.1) is 0 Å². The second kappa shape index (κ2) is 10.0. The lowest BCUT2D eigenvalue weighted by Crippen LogP contribution is -2.39. The van der Waals surface area contributed by atoms with E-state index in [9.17, 15) is 4.79 Å². The molecule has 1 aromatic rings. The van der Waals surface area contributed by atoms with Crippen molar-refractivity contribution in [2.45, 2.75) is 39.3 Å². The molecule has 0 heterocycles. The average molecular weight is 355 g/mol. The quantitative estimate of drug-likeness (QED) is 0.417. The number of rotatable bonds is 6. The average Bonchev–Trinajstić information content (AvgIpc) is 2.50. The number of halogens is 1. The Morgan fingerprint density at radius 1 is 1.12 bits per heavy atom. The Bertz CT molecular complexity index is 539. The standard InChI is InChI=1S/C17H27ClN4O2/c1-17(2,3)24-16(23)21-11-5-10-20-15(19-4)22-12-13-6-8-14(18)9-7-13/h6-9H,5,10-12H2,1-4H3,(H,21,23)(H2,19,20,22). The molecule has 0 atom stereocenters. The summed E-state index contributed by atoms with van der Waals surface area (Å²) < 4.78 is 5.17. The fourth-order valence-corrected chi connectivity index (χ4v) is 1.93. The first-order chi connectivity index (χ1) is 11.3. The smallest absolute Gasteiger partial charge is 0.407 e. The van der Waals surface area contributed by atoms with E-state index in [1.165, 1.54) is 0 Å². The number of carbonyl (C=O) groups is 1. The largest absolute Gasteiger partial charge is 0.444 e. The minimum Gasteiger partial charge on any atom is -0.444 e. The summed E-state index contributed by atoms with van der Waals surface area (Å²) in [6.45, 7) is 7.40. The van der Waals surface area contributed by atoms with E-state index in [0.29, 0.717) is 25.6 Å². The van der Waals surface area contributed by atoms with Crippen LogP contribution in [0.25, 0.3) is 0 Å². The maximum absolute atomic E-state index is 11.5. The fourth-order valence-electron chi connectivity index (χ4n) is 1.81. The predicted molar refractivity (Wildman–Crippen MR) is 98.5 cm³/mol. The van der Waals surface area contributed by atoms with Gasteiger partial charge >= 0.3 is 6.09 Å². The van der Waals surface area contributed by atoms with E-state index < -0.39 is 11.7 Å². The number of nitrogens with zero attached hydrogens (tertiary/aromatic N) is 1. The van der Waals surface area contributed by atoms with Crippen molar-refractivity contribution in [3.05, 3.63) is 34.9 Å². The van der Waals surface area contributed by atoms with E-state index in [1.54, 1.807) is 7.05 Å². The summed E-state index contributed by atoms with van der Waals surface area (Å²) in [5.74, 6) is 0.710. The zero-order valence-electron chi connectivity index (χ0n) is 14.8. The fraction of sp³-hybridized carbons (Fsp3) is 0.529. The first-order valence-corrected chi connectivity index (χ1v) is 8.34. The topological polar surface area (TPSA) is 74.8 Å². The third kappa shape index (κ3) is 9.25. The van der Waals surface area contributed by atoms with E-state index in [0.717, 1.165) is 17.0 Å². The van der Waals surface area contributed by atoms with E-state index in [2.05, 4.69) is 20.9 Å². The van der Waals surface area contributed by atoms with Crippen LogP contribution in [0.3, 0.4) is 0 Å². The molecule has 0 aliphatic heterocycles. The second-order valence-corrected chi connectivity index (χ2v) is 6.70. The maximum Gasteiger partial charge on any atom is 0.407 e. The molecule has 7 heteroatoms. The summed E-state index contributed by atoms with van der Waals surface area (Å²) >= 11 is 5.86. The van der Waals surface area contributed by atoms with Crippen molar-refractivity contribution in [3.63, 3.8) is 0 Å². The van der Waals surface area contributed by atoms with E-state index >= 15 is 0 Å². The Kier molecular flexibility index (Phi) is 8.40. The molecule has 134 valence electrons. The summed E-state index contributed by atoms with van der Waals surface area (Å²) in [4.78, 5) is 15.7. The molecule has 24 heavy (non-hydrogen) atoms. The number of hydrogen-bond donors (Lipinski definition) is 3. The van der Waals surface area contributed by atoms with Crippen molar-refractivity contribution in [1.82, 2.24) is 16.0 Å². The molecule has 1 rings (SSSR count). The lowest BCUT2D eigenvalue weighted by molar-refractivity contribution is 0.0527. The Balaban J connectivity index is 2.18. The number of carbonyl (C=O) groups excluding carboxylic acids is 1. The highest BCUT2D eigenvalue weighted by molar-refractivity contribution is 6.30. The van der Waals surface area contributed by atoms with Gasteiger partial charge in [-0.25, -0.2) is 4.79 Å². The van der Waals surface area contributed by atoms with Crippen LogP contribution in [0.15, 0.2) is 29.3 Å². The molecule has 0 aliphatic carbocycles. The van der Waals surface area contributed by atoms with Gasteiger partial charge < -0.3 is 20.7 Å². The highest BCUT2D eigenvalue weighted by Gasteiger charge is 2.15. The molecule has 0 aliphatic rings. The number of nitrogens with one attached hydrogen (secondary N) is 3. The summed E-state index contributed by atoms with van der Waals surface area (Å²) in [5.41, 5.74) is 0.643. The minimum absolute atomic E-state index is 0.396. The zero-order valence-corrected chi connectivity index (χ0v) is 15.5. The summed E-state index contributed by atoms with van der Waals surface area (Å²) in [7, 11) is 1.72. The normalized spacial score (nSPS) is 11.8. The highest BCUT2D eigenvalue weighted by atomic mass is 35.5. The lowest BCUT2D eigenvalue weighted by Gasteiger charge is -2.19. The first kappa shape index (κ1) is 20.1. The molecule has 3 N–H and O–H groups in total. The molecule has 0 unspecified atom stereocenters. The third-order valence-corrected chi connectivity index (χ3v) is 3.16. The van der Waals surface area contributed by atoms with Gasteiger partial charge in [-0.05, 0) is 44.9 Å². The van der Waals surface area contributed by atoms with E-state index in [1.807, 2.05) is 45.0 Å². The van der Waals surface area contributed by atoms with Gasteiger partial charge in [0.2, 0.25) is 0 Å². The van der Waals surface area contributed by atoms with Crippen LogP contribution in [-0.2, 0) is 11.3 Å². The van der Waals surface area contributed by atoms with E-state index in [4.69, 9.17) is 16.3 Å². The lowest BCUT2D eigenvalue weighted by atomic mass is 10.2. The molecule has 0 saturated heterocycles. The summed E-state index contributed by atoms with van der Waals surface area (Å²) in [5, 5.41) is 9.85. The van der Waals surface area contributed by atoms with Crippen molar-refractivity contribution < 1.29 is 9.53 Å². The van der Waals surface area contributed by atoms with Gasteiger partial charge in [0.25, 0.3) is 0 Å². The van der Waals surface area contributed by atoms with Crippen LogP contribution >= 0.6 is 11.6 Å². The van der Waals surface area contributed by atoms with Crippen molar-refractivity contribution in [2.24, 2.45) is 4.99 Å². The highest BCUT2D eigenvalue weighted by Crippen LogP contribution is 2.09. The van der Waals surface area contributed by atoms with Crippen LogP contribution in [0, 0.1) is 0 Å². The van der Waals surface area contributed by atoms with Gasteiger partial charge in [0.1, 0.15) is 5.60 Å². The van der Waals surface area contributed by atoms with Gasteiger partial charge in [-0.3, -0.25) is 4.99 Å². The monoisotopic (exact) mass is 354 g/mol. The van der Waals surface area contributed by atoms with Gasteiger partial charge in [-0.1, -0.05) is 23.7 Å². The van der Waals surface area contributed by atoms with Gasteiger partial charge in [0.15, 0.2) is 5.96 Å². The SMILES string of the molecule is CN=C(NCCCNC(=O)OC(C)(C)C)NCc1ccc(Cl)cc1. The molecule has 6 nitrogen and oxygen atoms in total. The summed E-state index contributed by atoms with van der Waals surface area (Å²) in [6.07, 6.45) is 0.369. The van der Waals surface area contributed by atoms with Gasteiger partial charge in [0, 0.05) is 31.7 Å². The molecule has 0 saturated carbocycles. The number of ether oxygens (including phenoxy) is 1. The zero-order chi connectivity index (χ0) is 18.0. The maximum atomic E-state index is 11.5. The minimum atomic E-state index is -0.476. The molecule has 1 amide bonds. The van der Waals surface area contributed by atoms with Crippen LogP contribution < -0.4 is 16.0 Å². The first-order valence-electron chi connectivity index (χ1n) is 7.96. The molecule has 0 fully saturated rings. The second-order valence-electron chi connectivity index (χ2n) is 6.26. The molecule has 1 aromatic carbocycles. The molecular weight excluding hydrogens is 328 g/mol. The van der Waals surface area contributed by atoms with Crippen LogP contribution in [0.5, 0.6) is 0 Å². The van der Waals surface area contributed by atoms with Crippen molar-refractivity contribution in [1.29, 1.82) is 0 Å². The van der Waals surface area contributed by atoms with Crippen molar-refractivity contribution in [3.8, 4) is 0 Å². The number of amides is 1. The summed E-state index contributed by atoms with van der Waals surface area (Å²) in [6, 6.07) is 7.65. The van der Waals surface area contributed by atoms with Crippen molar-refractivity contribution >= 4 is 23.7 Å². The Morgan fingerprint density at radius 3 is 2.33 bits per heavy atom. The molecule has 0 aromatic heterocycles. The van der Waals surface area contributed by atoms with E-state index in [-0.39, 0.29) is 0 Å². The number of alkyl carbamates (subject to hydrolysis) is 1. The van der Waals surface area contributed by atoms with Crippen molar-refractivity contribution in [2.75, 3.05) is 20.1 Å². The van der Waals surface area contributed by atoms with Gasteiger partial charge in [-0.2, -0.15) is 0 Å². The third-order valence-electron chi connectivity index (χ3n) is 2.91. The number of benzene rings is 1. The van der Waals surface area contributed by atoms with Crippen LogP contribution in [-0.4, -0.2) is 37.8 Å². The van der Waals surface area contributed by atoms with Crippen LogP contribution in [0.2, 0.25) is 5.02 Å². The Hall–Kier alpha value is -1.95. The molecule has 0 spiro atoms.